The predicted octanol–water partition coefficient (Wildman–Crippen LogP) is 2.98. The van der Waals surface area contributed by atoms with Gasteiger partial charge in [-0.3, -0.25) is 0 Å². The first-order chi connectivity index (χ1) is 9.05. The van der Waals surface area contributed by atoms with Crippen molar-refractivity contribution in [2.45, 2.75) is 37.1 Å². The number of nitrogens with zero attached hydrogens (tertiary/aromatic N) is 2. The fourth-order valence-corrected chi connectivity index (χ4v) is 4.11. The number of sulfonamides is 1. The molecule has 4 nitrogen and oxygen atoms in total. The normalized spacial score (nSPS) is 20.8. The molecule has 1 aliphatic rings. The van der Waals surface area contributed by atoms with Crippen LogP contribution < -0.4 is 0 Å². The van der Waals surface area contributed by atoms with Crippen molar-refractivity contribution < 1.29 is 8.42 Å². The molecule has 1 saturated heterocycles. The number of hydrogen-bond donors (Lipinski definition) is 0. The number of thiocarbonyl (C=S) groups is 1. The molecule has 0 amide bonds. The van der Waals surface area contributed by atoms with Crippen LogP contribution in [0.4, 0.5) is 5.69 Å². The van der Waals surface area contributed by atoms with Crippen molar-refractivity contribution in [3.63, 3.8) is 0 Å². The van der Waals surface area contributed by atoms with Crippen LogP contribution in [0.3, 0.4) is 0 Å². The van der Waals surface area contributed by atoms with E-state index < -0.39 is 10.0 Å². The lowest BCUT2D eigenvalue weighted by molar-refractivity contribution is 0.268. The molecule has 2 rings (SSSR count). The highest BCUT2D eigenvalue weighted by atomic mass is 32.2. The topological polar surface area (TPSA) is 49.7 Å². The zero-order valence-electron chi connectivity index (χ0n) is 10.7. The zero-order chi connectivity index (χ0) is 13.9. The summed E-state index contributed by atoms with van der Waals surface area (Å²) in [5, 5.41) is 2.26. The Morgan fingerprint density at radius 3 is 2.58 bits per heavy atom. The van der Waals surface area contributed by atoms with Gasteiger partial charge in [-0.25, -0.2) is 8.42 Å². The van der Waals surface area contributed by atoms with Gasteiger partial charge in [0.2, 0.25) is 10.0 Å². The fraction of sp³-hybridized carbons (Fsp3) is 0.462. The second-order valence-electron chi connectivity index (χ2n) is 4.66. The third-order valence-corrected chi connectivity index (χ3v) is 5.48. The first-order valence-electron chi connectivity index (χ1n) is 6.25. The van der Waals surface area contributed by atoms with Gasteiger partial charge in [-0.15, -0.1) is 0 Å². The Hall–Kier alpha value is -1.07. The van der Waals surface area contributed by atoms with E-state index in [0.29, 0.717) is 17.1 Å². The zero-order valence-corrected chi connectivity index (χ0v) is 12.4. The van der Waals surface area contributed by atoms with Crippen LogP contribution in [0.5, 0.6) is 0 Å². The molecule has 1 fully saturated rings. The smallest absolute Gasteiger partial charge is 0.207 e. The summed E-state index contributed by atoms with van der Waals surface area (Å²) in [6, 6.07) is 6.49. The number of benzene rings is 1. The molecule has 1 aromatic carbocycles. The SMILES string of the molecule is CC1CCCCN1S(=O)(=O)c1ccc(N=C=S)cc1. The van der Waals surface area contributed by atoms with E-state index in [1.165, 1.54) is 0 Å². The van der Waals surface area contributed by atoms with Crippen LogP contribution in [-0.2, 0) is 10.0 Å². The first kappa shape index (κ1) is 14.3. The summed E-state index contributed by atoms with van der Waals surface area (Å²) in [7, 11) is -3.40. The van der Waals surface area contributed by atoms with Gasteiger partial charge in [-0.1, -0.05) is 6.42 Å². The molecule has 102 valence electrons. The Morgan fingerprint density at radius 1 is 1.32 bits per heavy atom. The largest absolute Gasteiger partial charge is 0.243 e. The van der Waals surface area contributed by atoms with Gasteiger partial charge in [0, 0.05) is 12.6 Å². The van der Waals surface area contributed by atoms with Crippen molar-refractivity contribution in [2.24, 2.45) is 4.99 Å². The van der Waals surface area contributed by atoms with E-state index in [-0.39, 0.29) is 6.04 Å². The number of isothiocyanates is 1. The van der Waals surface area contributed by atoms with Crippen molar-refractivity contribution in [2.75, 3.05) is 6.54 Å². The third-order valence-electron chi connectivity index (χ3n) is 3.36. The molecule has 6 heteroatoms. The molecular formula is C13H16N2O2S2. The van der Waals surface area contributed by atoms with Crippen molar-refractivity contribution >= 4 is 33.1 Å². The molecule has 1 atom stereocenters. The van der Waals surface area contributed by atoms with Gasteiger partial charge < -0.3 is 0 Å². The van der Waals surface area contributed by atoms with Crippen LogP contribution in [0.15, 0.2) is 34.2 Å². The molecule has 0 radical (unpaired) electrons. The quantitative estimate of drug-likeness (QED) is 0.636. The minimum Gasteiger partial charge on any atom is -0.207 e. The van der Waals surface area contributed by atoms with E-state index in [9.17, 15) is 8.42 Å². The van der Waals surface area contributed by atoms with Crippen molar-refractivity contribution in [1.82, 2.24) is 4.31 Å². The van der Waals surface area contributed by atoms with Crippen LogP contribution in [0.2, 0.25) is 0 Å². The minimum atomic E-state index is -3.40. The molecule has 1 heterocycles. The molecule has 1 aromatic rings. The van der Waals surface area contributed by atoms with Gasteiger partial charge in [-0.05, 0) is 56.2 Å². The van der Waals surface area contributed by atoms with Crippen LogP contribution in [0.25, 0.3) is 0 Å². The summed E-state index contributed by atoms with van der Waals surface area (Å²) in [5.41, 5.74) is 0.612. The van der Waals surface area contributed by atoms with Gasteiger partial charge in [0.05, 0.1) is 15.7 Å². The highest BCUT2D eigenvalue weighted by Gasteiger charge is 2.30. The summed E-state index contributed by atoms with van der Waals surface area (Å²) in [6.07, 6.45) is 2.94. The molecule has 0 N–H and O–H groups in total. The van der Waals surface area contributed by atoms with Crippen LogP contribution in [0.1, 0.15) is 26.2 Å². The van der Waals surface area contributed by atoms with Gasteiger partial charge in [0.1, 0.15) is 0 Å². The van der Waals surface area contributed by atoms with E-state index in [1.807, 2.05) is 6.92 Å². The van der Waals surface area contributed by atoms with Gasteiger partial charge in [0.15, 0.2) is 0 Å². The Bertz CT molecular complexity index is 590. The first-order valence-corrected chi connectivity index (χ1v) is 8.10. The summed E-state index contributed by atoms with van der Waals surface area (Å²) in [5.74, 6) is 0. The number of rotatable bonds is 3. The maximum atomic E-state index is 12.5. The summed E-state index contributed by atoms with van der Waals surface area (Å²) in [4.78, 5) is 4.12. The Kier molecular flexibility index (Phi) is 4.47. The Balaban J connectivity index is 2.30. The Labute approximate surface area is 119 Å². The summed E-state index contributed by atoms with van der Waals surface area (Å²) < 4.78 is 26.6. The van der Waals surface area contributed by atoms with Crippen LogP contribution in [0, 0.1) is 0 Å². The molecule has 0 bridgehead atoms. The van der Waals surface area contributed by atoms with E-state index in [0.717, 1.165) is 19.3 Å². The average Bonchev–Trinajstić information content (AvgIpc) is 2.40. The third kappa shape index (κ3) is 3.09. The predicted molar refractivity (Wildman–Crippen MR) is 78.3 cm³/mol. The molecule has 0 spiro atoms. The molecule has 0 saturated carbocycles. The van der Waals surface area contributed by atoms with Crippen molar-refractivity contribution in [1.29, 1.82) is 0 Å². The van der Waals surface area contributed by atoms with Crippen LogP contribution in [-0.4, -0.2) is 30.5 Å². The lowest BCUT2D eigenvalue weighted by atomic mass is 10.1. The second kappa shape index (κ2) is 5.92. The number of piperidine rings is 1. The monoisotopic (exact) mass is 296 g/mol. The highest BCUT2D eigenvalue weighted by molar-refractivity contribution is 7.89. The van der Waals surface area contributed by atoms with Gasteiger partial charge in [0.25, 0.3) is 0 Å². The summed E-state index contributed by atoms with van der Waals surface area (Å²) in [6.45, 7) is 2.56. The van der Waals surface area contributed by atoms with E-state index >= 15 is 0 Å². The minimum absolute atomic E-state index is 0.0671. The molecular weight excluding hydrogens is 280 g/mol. The molecule has 1 unspecified atom stereocenters. The second-order valence-corrected chi connectivity index (χ2v) is 6.73. The average molecular weight is 296 g/mol. The standard InChI is InChI=1S/C13H16N2O2S2/c1-11-4-2-3-9-15(11)19(16,17)13-7-5-12(6-8-13)14-10-18/h5-8,11H,2-4,9H2,1H3. The molecule has 1 aliphatic heterocycles. The van der Waals surface area contributed by atoms with Gasteiger partial charge in [-0.2, -0.15) is 9.30 Å². The maximum Gasteiger partial charge on any atom is 0.243 e. The van der Waals surface area contributed by atoms with Gasteiger partial charge >= 0.3 is 0 Å². The fourth-order valence-electron chi connectivity index (χ4n) is 2.31. The highest BCUT2D eigenvalue weighted by Crippen LogP contribution is 2.26. The van der Waals surface area contributed by atoms with E-state index in [2.05, 4.69) is 22.4 Å². The van der Waals surface area contributed by atoms with Crippen LogP contribution >= 0.6 is 12.2 Å². The van der Waals surface area contributed by atoms with E-state index in [1.54, 1.807) is 28.6 Å². The van der Waals surface area contributed by atoms with E-state index in [4.69, 9.17) is 0 Å². The molecule has 0 aromatic heterocycles. The molecule has 0 aliphatic carbocycles. The summed E-state index contributed by atoms with van der Waals surface area (Å²) >= 11 is 4.52. The maximum absolute atomic E-state index is 12.5. The van der Waals surface area contributed by atoms with Crippen molar-refractivity contribution in [3.05, 3.63) is 24.3 Å². The Morgan fingerprint density at radius 2 is 2.00 bits per heavy atom. The number of aliphatic imine (C=N–C) groups is 1. The lowest BCUT2D eigenvalue weighted by Gasteiger charge is -2.32. The number of hydrogen-bond acceptors (Lipinski definition) is 4. The lowest BCUT2D eigenvalue weighted by Crippen LogP contribution is -2.41. The van der Waals surface area contributed by atoms with Crippen molar-refractivity contribution in [3.8, 4) is 0 Å². The molecule has 19 heavy (non-hydrogen) atoms.